The molecule has 18 heavy (non-hydrogen) atoms. The van der Waals surface area contributed by atoms with Crippen LogP contribution in [0.25, 0.3) is 0 Å². The van der Waals surface area contributed by atoms with E-state index in [-0.39, 0.29) is 29.8 Å². The Hall–Kier alpha value is -0.370. The van der Waals surface area contributed by atoms with Crippen molar-refractivity contribution in [3.8, 4) is 0 Å². The van der Waals surface area contributed by atoms with Crippen molar-refractivity contribution in [2.75, 3.05) is 6.54 Å². The van der Waals surface area contributed by atoms with Crippen LogP contribution in [0, 0.1) is 5.82 Å². The van der Waals surface area contributed by atoms with Crippen molar-refractivity contribution in [2.24, 2.45) is 10.7 Å². The molecule has 0 atom stereocenters. The highest BCUT2D eigenvalue weighted by Gasteiger charge is 2.21. The molecule has 0 amide bonds. The molecule has 1 aliphatic rings. The van der Waals surface area contributed by atoms with Crippen LogP contribution in [0.2, 0.25) is 0 Å². The van der Waals surface area contributed by atoms with Crippen LogP contribution in [0.4, 0.5) is 4.39 Å². The molecule has 6 heteroatoms. The molecule has 0 unspecified atom stereocenters. The van der Waals surface area contributed by atoms with Gasteiger partial charge in [0.1, 0.15) is 5.82 Å². The molecule has 0 radical (unpaired) electrons. The Balaban J connectivity index is 0.00000162. The van der Waals surface area contributed by atoms with Gasteiger partial charge in [-0.15, -0.1) is 24.0 Å². The van der Waals surface area contributed by atoms with Gasteiger partial charge >= 0.3 is 0 Å². The van der Waals surface area contributed by atoms with Crippen molar-refractivity contribution in [2.45, 2.75) is 25.3 Å². The minimum Gasteiger partial charge on any atom is -0.370 e. The number of guanidine groups is 1. The Kier molecular flexibility index (Phi) is 6.34. The molecule has 1 saturated carbocycles. The third-order valence-corrected chi connectivity index (χ3v) is 3.20. The quantitative estimate of drug-likeness (QED) is 0.441. The number of aliphatic imine (C=N–C) groups is 1. The first-order valence-corrected chi connectivity index (χ1v) is 6.45. The van der Waals surface area contributed by atoms with Gasteiger partial charge in [0.25, 0.3) is 0 Å². The Labute approximate surface area is 132 Å². The molecule has 2 rings (SSSR count). The lowest BCUT2D eigenvalue weighted by Crippen LogP contribution is -2.33. The van der Waals surface area contributed by atoms with E-state index in [2.05, 4.69) is 26.2 Å². The summed E-state index contributed by atoms with van der Waals surface area (Å²) in [7, 11) is 0. The predicted octanol–water partition coefficient (Wildman–Crippen LogP) is 2.82. The number of nitrogens with two attached hydrogens (primary N) is 1. The van der Waals surface area contributed by atoms with Gasteiger partial charge in [0, 0.05) is 12.6 Å². The standard InChI is InChI=1S/C12H15BrFN3.HI/c13-10-7-8(1-4-11(10)14)5-6-16-12(15)17-9-2-3-9;/h1,4,7,9H,2-3,5-6H2,(H3,15,16,17);1H. The van der Waals surface area contributed by atoms with E-state index >= 15 is 0 Å². The van der Waals surface area contributed by atoms with Crippen LogP contribution in [0.15, 0.2) is 27.7 Å². The highest BCUT2D eigenvalue weighted by atomic mass is 127. The normalized spacial score (nSPS) is 15.1. The molecule has 0 aromatic heterocycles. The van der Waals surface area contributed by atoms with Gasteiger partial charge in [0.05, 0.1) is 4.47 Å². The first kappa shape index (κ1) is 15.7. The Morgan fingerprint density at radius 1 is 1.50 bits per heavy atom. The number of nitrogens with zero attached hydrogens (tertiary/aromatic N) is 1. The van der Waals surface area contributed by atoms with Crippen LogP contribution in [-0.4, -0.2) is 18.5 Å². The average Bonchev–Trinajstić information content (AvgIpc) is 3.07. The fraction of sp³-hybridized carbons (Fsp3) is 0.417. The second-order valence-corrected chi connectivity index (χ2v) is 5.04. The van der Waals surface area contributed by atoms with E-state index in [4.69, 9.17) is 5.73 Å². The van der Waals surface area contributed by atoms with Crippen molar-refractivity contribution in [3.05, 3.63) is 34.1 Å². The molecule has 0 heterocycles. The zero-order chi connectivity index (χ0) is 12.3. The van der Waals surface area contributed by atoms with E-state index in [1.807, 2.05) is 0 Å². The maximum Gasteiger partial charge on any atom is 0.188 e. The van der Waals surface area contributed by atoms with Gasteiger partial charge in [-0.25, -0.2) is 4.39 Å². The molecule has 1 fully saturated rings. The molecule has 3 nitrogen and oxygen atoms in total. The summed E-state index contributed by atoms with van der Waals surface area (Å²) in [4.78, 5) is 4.23. The van der Waals surface area contributed by atoms with E-state index in [1.165, 1.54) is 18.9 Å². The van der Waals surface area contributed by atoms with Crippen LogP contribution >= 0.6 is 39.9 Å². The van der Waals surface area contributed by atoms with Crippen LogP contribution in [0.1, 0.15) is 18.4 Å². The number of hydrogen-bond acceptors (Lipinski definition) is 1. The molecule has 1 aromatic rings. The van der Waals surface area contributed by atoms with E-state index in [0.29, 0.717) is 23.0 Å². The van der Waals surface area contributed by atoms with Crippen LogP contribution in [0.5, 0.6) is 0 Å². The first-order chi connectivity index (χ1) is 8.15. The van der Waals surface area contributed by atoms with Gasteiger partial charge in [-0.05, 0) is 52.9 Å². The number of benzene rings is 1. The molecule has 1 aliphatic carbocycles. The second kappa shape index (κ2) is 7.28. The minimum atomic E-state index is -0.243. The lowest BCUT2D eigenvalue weighted by atomic mass is 10.1. The van der Waals surface area contributed by atoms with Crippen LogP contribution in [0.3, 0.4) is 0 Å². The van der Waals surface area contributed by atoms with Gasteiger partial charge < -0.3 is 11.1 Å². The van der Waals surface area contributed by atoms with Gasteiger partial charge in [-0.2, -0.15) is 0 Å². The number of nitrogens with one attached hydrogen (secondary N) is 1. The van der Waals surface area contributed by atoms with Crippen molar-refractivity contribution >= 4 is 45.9 Å². The Morgan fingerprint density at radius 2 is 2.22 bits per heavy atom. The number of rotatable bonds is 4. The minimum absolute atomic E-state index is 0. The zero-order valence-electron chi connectivity index (χ0n) is 9.83. The zero-order valence-corrected chi connectivity index (χ0v) is 13.7. The Bertz CT molecular complexity index is 435. The third-order valence-electron chi connectivity index (χ3n) is 2.60. The molecule has 100 valence electrons. The first-order valence-electron chi connectivity index (χ1n) is 5.65. The molecular weight excluding hydrogens is 412 g/mol. The summed E-state index contributed by atoms with van der Waals surface area (Å²) in [6.45, 7) is 0.615. The van der Waals surface area contributed by atoms with Crippen molar-refractivity contribution < 1.29 is 4.39 Å². The van der Waals surface area contributed by atoms with E-state index < -0.39 is 0 Å². The average molecular weight is 428 g/mol. The predicted molar refractivity (Wildman–Crippen MR) is 85.9 cm³/mol. The number of hydrogen-bond donors (Lipinski definition) is 2. The molecule has 0 spiro atoms. The summed E-state index contributed by atoms with van der Waals surface area (Å²) >= 11 is 3.16. The fourth-order valence-electron chi connectivity index (χ4n) is 1.48. The molecule has 3 N–H and O–H groups in total. The summed E-state index contributed by atoms with van der Waals surface area (Å²) in [5, 5.41) is 3.12. The number of halogens is 3. The summed E-state index contributed by atoms with van der Waals surface area (Å²) in [5.74, 6) is 0.265. The van der Waals surface area contributed by atoms with Gasteiger partial charge in [0.15, 0.2) is 5.96 Å². The van der Waals surface area contributed by atoms with Gasteiger partial charge in [-0.1, -0.05) is 6.07 Å². The lowest BCUT2D eigenvalue weighted by molar-refractivity contribution is 0.620. The summed E-state index contributed by atoms with van der Waals surface area (Å²) in [6.07, 6.45) is 3.12. The monoisotopic (exact) mass is 427 g/mol. The van der Waals surface area contributed by atoms with E-state index in [9.17, 15) is 4.39 Å². The molecule has 0 bridgehead atoms. The summed E-state index contributed by atoms with van der Waals surface area (Å²) in [6, 6.07) is 5.52. The fourth-order valence-corrected chi connectivity index (χ4v) is 1.91. The highest BCUT2D eigenvalue weighted by Crippen LogP contribution is 2.18. The van der Waals surface area contributed by atoms with Crippen LogP contribution < -0.4 is 11.1 Å². The summed E-state index contributed by atoms with van der Waals surface area (Å²) < 4.78 is 13.5. The smallest absolute Gasteiger partial charge is 0.188 e. The SMILES string of the molecule is I.NC(=NCCc1ccc(F)c(Br)c1)NC1CC1. The van der Waals surface area contributed by atoms with Crippen LogP contribution in [-0.2, 0) is 6.42 Å². The Morgan fingerprint density at radius 3 is 2.83 bits per heavy atom. The van der Waals surface area contributed by atoms with Gasteiger partial charge in [-0.3, -0.25) is 4.99 Å². The van der Waals surface area contributed by atoms with E-state index in [1.54, 1.807) is 12.1 Å². The molecular formula is C12H16BrFIN3. The molecule has 1 aromatic carbocycles. The maximum atomic E-state index is 13.0. The summed E-state index contributed by atoms with van der Waals surface area (Å²) in [5.41, 5.74) is 6.75. The van der Waals surface area contributed by atoms with E-state index in [0.717, 1.165) is 12.0 Å². The second-order valence-electron chi connectivity index (χ2n) is 4.18. The largest absolute Gasteiger partial charge is 0.370 e. The van der Waals surface area contributed by atoms with Crippen molar-refractivity contribution in [1.29, 1.82) is 0 Å². The molecule has 0 aliphatic heterocycles. The third kappa shape index (κ3) is 5.09. The highest BCUT2D eigenvalue weighted by molar-refractivity contribution is 14.0. The maximum absolute atomic E-state index is 13.0. The topological polar surface area (TPSA) is 50.4 Å². The van der Waals surface area contributed by atoms with Crippen molar-refractivity contribution in [1.82, 2.24) is 5.32 Å². The van der Waals surface area contributed by atoms with Crippen molar-refractivity contribution in [3.63, 3.8) is 0 Å². The lowest BCUT2D eigenvalue weighted by Gasteiger charge is -2.04. The molecule has 0 saturated heterocycles. The van der Waals surface area contributed by atoms with Gasteiger partial charge in [0.2, 0.25) is 0 Å².